The molecule has 0 atom stereocenters. The van der Waals surface area contributed by atoms with Gasteiger partial charge >= 0.3 is 0 Å². The normalized spacial score (nSPS) is 8.62. The molecular formula is C10H25NO2. The van der Waals surface area contributed by atoms with Gasteiger partial charge in [-0.25, -0.2) is 5.48 Å². The smallest absolute Gasteiger partial charge is 0.240 e. The van der Waals surface area contributed by atoms with Gasteiger partial charge in [0.25, 0.3) is 0 Å². The predicted octanol–water partition coefficient (Wildman–Crippen LogP) is 2.91. The van der Waals surface area contributed by atoms with Crippen LogP contribution in [0.5, 0.6) is 0 Å². The van der Waals surface area contributed by atoms with E-state index in [1.165, 1.54) is 6.92 Å². The summed E-state index contributed by atoms with van der Waals surface area (Å²) in [4.78, 5) is 15.1. The third-order valence-corrected chi connectivity index (χ3v) is 0.501. The zero-order valence-electron chi connectivity index (χ0n) is 10.3. The minimum Gasteiger partial charge on any atom is -0.273 e. The molecule has 0 bridgehead atoms. The fraction of sp³-hybridized carbons (Fsp3) is 0.900. The van der Waals surface area contributed by atoms with Gasteiger partial charge in [0.15, 0.2) is 0 Å². The predicted molar refractivity (Wildman–Crippen MR) is 57.4 cm³/mol. The second-order valence-electron chi connectivity index (χ2n) is 2.87. The number of nitrogens with one attached hydrogen (secondary N) is 1. The standard InChI is InChI=1S/C6H13NO2.2C2H6/c1-5(8)7-9-6(2,3)4;2*1-2/h1-4H3,(H,7,8);2*1-2H3. The van der Waals surface area contributed by atoms with Gasteiger partial charge in [-0.05, 0) is 20.8 Å². The van der Waals surface area contributed by atoms with Crippen LogP contribution in [-0.2, 0) is 9.63 Å². The monoisotopic (exact) mass is 191 g/mol. The molecule has 13 heavy (non-hydrogen) atoms. The van der Waals surface area contributed by atoms with Gasteiger partial charge < -0.3 is 0 Å². The molecule has 0 fully saturated rings. The summed E-state index contributed by atoms with van der Waals surface area (Å²) in [5.41, 5.74) is 1.95. The van der Waals surface area contributed by atoms with Crippen LogP contribution in [0.15, 0.2) is 0 Å². The first-order valence-electron chi connectivity index (χ1n) is 4.86. The Morgan fingerprint density at radius 1 is 1.08 bits per heavy atom. The number of hydroxylamine groups is 1. The number of hydrogen-bond acceptors (Lipinski definition) is 2. The van der Waals surface area contributed by atoms with Gasteiger partial charge in [0.2, 0.25) is 5.91 Å². The molecule has 3 heteroatoms. The molecular weight excluding hydrogens is 166 g/mol. The highest BCUT2D eigenvalue weighted by molar-refractivity contribution is 5.71. The molecule has 0 aromatic heterocycles. The fourth-order valence-electron chi connectivity index (χ4n) is 0.225. The SMILES string of the molecule is CC.CC.CC(=O)NOC(C)(C)C. The van der Waals surface area contributed by atoms with Crippen LogP contribution in [0.1, 0.15) is 55.4 Å². The molecule has 3 nitrogen and oxygen atoms in total. The summed E-state index contributed by atoms with van der Waals surface area (Å²) in [5, 5.41) is 0. The average Bonchev–Trinajstić information content (AvgIpc) is 2.07. The molecule has 0 aromatic rings. The van der Waals surface area contributed by atoms with Crippen LogP contribution >= 0.6 is 0 Å². The Labute approximate surface area is 82.8 Å². The Morgan fingerprint density at radius 2 is 1.38 bits per heavy atom. The molecule has 0 aliphatic heterocycles. The van der Waals surface area contributed by atoms with Crippen molar-refractivity contribution in [2.24, 2.45) is 0 Å². The quantitative estimate of drug-likeness (QED) is 0.647. The first-order valence-corrected chi connectivity index (χ1v) is 4.86. The van der Waals surface area contributed by atoms with E-state index in [1.807, 2.05) is 48.5 Å². The largest absolute Gasteiger partial charge is 0.273 e. The lowest BCUT2D eigenvalue weighted by Gasteiger charge is -2.17. The summed E-state index contributed by atoms with van der Waals surface area (Å²) in [6.07, 6.45) is 0. The summed E-state index contributed by atoms with van der Waals surface area (Å²) >= 11 is 0. The van der Waals surface area contributed by atoms with E-state index in [4.69, 9.17) is 4.84 Å². The van der Waals surface area contributed by atoms with Crippen LogP contribution in [0.4, 0.5) is 0 Å². The van der Waals surface area contributed by atoms with Crippen LogP contribution < -0.4 is 5.48 Å². The number of amides is 1. The second-order valence-corrected chi connectivity index (χ2v) is 2.87. The van der Waals surface area contributed by atoms with Crippen molar-refractivity contribution in [3.63, 3.8) is 0 Å². The maximum Gasteiger partial charge on any atom is 0.240 e. The Morgan fingerprint density at radius 3 is 1.46 bits per heavy atom. The molecule has 0 heterocycles. The Hall–Kier alpha value is -0.570. The molecule has 0 rings (SSSR count). The Kier molecular flexibility index (Phi) is 16.1. The van der Waals surface area contributed by atoms with Gasteiger partial charge in [0, 0.05) is 6.92 Å². The summed E-state index contributed by atoms with van der Waals surface area (Å²) in [6.45, 7) is 15.0. The summed E-state index contributed by atoms with van der Waals surface area (Å²) < 4.78 is 0. The molecule has 0 saturated heterocycles. The summed E-state index contributed by atoms with van der Waals surface area (Å²) in [6, 6.07) is 0. The van der Waals surface area contributed by atoms with E-state index < -0.39 is 0 Å². The Bertz CT molecular complexity index is 106. The first kappa shape index (κ1) is 18.3. The molecule has 0 spiro atoms. The van der Waals surface area contributed by atoms with Gasteiger partial charge in [-0.1, -0.05) is 27.7 Å². The van der Waals surface area contributed by atoms with Crippen molar-refractivity contribution < 1.29 is 9.63 Å². The van der Waals surface area contributed by atoms with Gasteiger partial charge in [0.05, 0.1) is 5.60 Å². The molecule has 1 amide bonds. The number of carbonyl (C=O) groups is 1. The van der Waals surface area contributed by atoms with E-state index in [2.05, 4.69) is 5.48 Å². The highest BCUT2D eigenvalue weighted by Gasteiger charge is 2.10. The number of hydrogen-bond donors (Lipinski definition) is 1. The van der Waals surface area contributed by atoms with Crippen LogP contribution in [-0.4, -0.2) is 11.5 Å². The molecule has 0 saturated carbocycles. The van der Waals surface area contributed by atoms with Gasteiger partial charge in [0.1, 0.15) is 0 Å². The van der Waals surface area contributed by atoms with Gasteiger partial charge in [-0.3, -0.25) is 9.63 Å². The molecule has 0 unspecified atom stereocenters. The van der Waals surface area contributed by atoms with E-state index in [1.54, 1.807) is 0 Å². The molecule has 1 N–H and O–H groups in total. The highest BCUT2D eigenvalue weighted by Crippen LogP contribution is 2.02. The van der Waals surface area contributed by atoms with Crippen molar-refractivity contribution >= 4 is 5.91 Å². The third kappa shape index (κ3) is 34.5. The first-order chi connectivity index (χ1) is 5.92. The Balaban J connectivity index is -0.000000218. The van der Waals surface area contributed by atoms with Crippen LogP contribution in [0.2, 0.25) is 0 Å². The van der Waals surface area contributed by atoms with Crippen LogP contribution in [0.3, 0.4) is 0 Å². The molecule has 0 aromatic carbocycles. The van der Waals surface area contributed by atoms with Gasteiger partial charge in [-0.15, -0.1) is 0 Å². The molecule has 0 aliphatic carbocycles. The third-order valence-electron chi connectivity index (χ3n) is 0.501. The average molecular weight is 191 g/mol. The molecule has 0 aliphatic rings. The molecule has 82 valence electrons. The maximum atomic E-state index is 10.3. The van der Waals surface area contributed by atoms with Gasteiger partial charge in [-0.2, -0.15) is 0 Å². The summed E-state index contributed by atoms with van der Waals surface area (Å²) in [7, 11) is 0. The lowest BCUT2D eigenvalue weighted by atomic mass is 10.2. The highest BCUT2D eigenvalue weighted by atomic mass is 16.7. The van der Waals surface area contributed by atoms with Crippen molar-refractivity contribution in [2.45, 2.75) is 61.0 Å². The second kappa shape index (κ2) is 11.4. The number of carbonyl (C=O) groups excluding carboxylic acids is 1. The van der Waals surface area contributed by atoms with Crippen molar-refractivity contribution in [3.8, 4) is 0 Å². The fourth-order valence-corrected chi connectivity index (χ4v) is 0.225. The zero-order valence-corrected chi connectivity index (χ0v) is 10.3. The van der Waals surface area contributed by atoms with Crippen molar-refractivity contribution in [2.75, 3.05) is 0 Å². The lowest BCUT2D eigenvalue weighted by Crippen LogP contribution is -2.31. The van der Waals surface area contributed by atoms with Crippen molar-refractivity contribution in [3.05, 3.63) is 0 Å². The van der Waals surface area contributed by atoms with E-state index in [0.717, 1.165) is 0 Å². The zero-order chi connectivity index (χ0) is 11.5. The van der Waals surface area contributed by atoms with Crippen molar-refractivity contribution in [1.29, 1.82) is 0 Å². The maximum absolute atomic E-state index is 10.3. The molecule has 0 radical (unpaired) electrons. The topological polar surface area (TPSA) is 38.3 Å². The van der Waals surface area contributed by atoms with E-state index in [0.29, 0.717) is 0 Å². The minimum atomic E-state index is -0.300. The van der Waals surface area contributed by atoms with Crippen LogP contribution in [0, 0.1) is 0 Å². The van der Waals surface area contributed by atoms with Crippen LogP contribution in [0.25, 0.3) is 0 Å². The minimum absolute atomic E-state index is 0.176. The van der Waals surface area contributed by atoms with Crippen molar-refractivity contribution in [1.82, 2.24) is 5.48 Å². The van der Waals surface area contributed by atoms with E-state index >= 15 is 0 Å². The summed E-state index contributed by atoms with van der Waals surface area (Å²) in [5.74, 6) is -0.176. The lowest BCUT2D eigenvalue weighted by molar-refractivity contribution is -0.143. The van der Waals surface area contributed by atoms with E-state index in [9.17, 15) is 4.79 Å². The number of rotatable bonds is 1. The van der Waals surface area contributed by atoms with E-state index in [-0.39, 0.29) is 11.5 Å².